The van der Waals surface area contributed by atoms with Gasteiger partial charge in [-0.05, 0) is 29.8 Å². The summed E-state index contributed by atoms with van der Waals surface area (Å²) in [5, 5.41) is 0.446. The first-order chi connectivity index (χ1) is 8.15. The quantitative estimate of drug-likeness (QED) is 0.757. The molecule has 84 valence electrons. The van der Waals surface area contributed by atoms with E-state index in [4.69, 9.17) is 24.2 Å². The van der Waals surface area contributed by atoms with Crippen LogP contribution in [0, 0.1) is 5.82 Å². The van der Waals surface area contributed by atoms with E-state index in [9.17, 15) is 4.39 Å². The molecule has 2 aromatic rings. The molecule has 0 amide bonds. The minimum absolute atomic E-state index is 0.265. The molecule has 0 heterocycles. The highest BCUT2D eigenvalue weighted by molar-refractivity contribution is 6.37. The van der Waals surface area contributed by atoms with Crippen molar-refractivity contribution in [3.8, 4) is 5.75 Å². The smallest absolute Gasteiger partial charge is 0.138 e. The average molecular weight is 246 g/mol. The van der Waals surface area contributed by atoms with E-state index in [1.807, 2.05) is 0 Å². The second kappa shape index (κ2) is 5.24. The van der Waals surface area contributed by atoms with Gasteiger partial charge >= 0.3 is 0 Å². The summed E-state index contributed by atoms with van der Waals surface area (Å²) < 4.78 is 18.4. The van der Waals surface area contributed by atoms with Crippen LogP contribution < -0.4 is 10.2 Å². The molecule has 0 N–H and O–H groups in total. The predicted octanol–water partition coefficient (Wildman–Crippen LogP) is 2.85. The summed E-state index contributed by atoms with van der Waals surface area (Å²) in [6, 6.07) is 11.2. The first-order valence-electron chi connectivity index (χ1n) is 5.07. The zero-order chi connectivity index (χ0) is 12.3. The van der Waals surface area contributed by atoms with E-state index in [2.05, 4.69) is 0 Å². The fourth-order valence-corrected chi connectivity index (χ4v) is 1.67. The molecule has 0 unspecified atom stereocenters. The minimum Gasteiger partial charge on any atom is -0.487 e. The molecule has 0 atom stereocenters. The topological polar surface area (TPSA) is 9.23 Å². The van der Waals surface area contributed by atoms with Crippen molar-refractivity contribution < 1.29 is 9.13 Å². The van der Waals surface area contributed by atoms with Crippen molar-refractivity contribution in [1.29, 1.82) is 0 Å². The van der Waals surface area contributed by atoms with Gasteiger partial charge in [-0.25, -0.2) is 4.39 Å². The third-order valence-electron chi connectivity index (χ3n) is 2.24. The highest BCUT2D eigenvalue weighted by Gasteiger charge is 2.02. The van der Waals surface area contributed by atoms with Crippen LogP contribution in [-0.4, -0.2) is 7.85 Å². The summed E-state index contributed by atoms with van der Waals surface area (Å²) in [5.41, 5.74) is 1.32. The van der Waals surface area contributed by atoms with Crippen molar-refractivity contribution in [2.75, 3.05) is 0 Å². The Hall–Kier alpha value is -1.48. The van der Waals surface area contributed by atoms with Crippen LogP contribution in [0.15, 0.2) is 42.5 Å². The lowest BCUT2D eigenvalue weighted by molar-refractivity contribution is 0.306. The monoisotopic (exact) mass is 246 g/mol. The lowest BCUT2D eigenvalue weighted by Gasteiger charge is -2.08. The zero-order valence-corrected chi connectivity index (χ0v) is 9.75. The summed E-state index contributed by atoms with van der Waals surface area (Å²) >= 11 is 5.95. The average Bonchev–Trinajstić information content (AvgIpc) is 2.28. The molecule has 17 heavy (non-hydrogen) atoms. The van der Waals surface area contributed by atoms with E-state index in [0.717, 1.165) is 5.56 Å². The van der Waals surface area contributed by atoms with Crippen LogP contribution in [0.2, 0.25) is 5.02 Å². The molecule has 0 fully saturated rings. The Morgan fingerprint density at radius 2 is 2.00 bits per heavy atom. The van der Waals surface area contributed by atoms with Crippen LogP contribution >= 0.6 is 11.6 Å². The van der Waals surface area contributed by atoms with Crippen LogP contribution in [0.5, 0.6) is 5.75 Å². The normalized spacial score (nSPS) is 10.2. The van der Waals surface area contributed by atoms with Gasteiger partial charge in [-0.3, -0.25) is 0 Å². The van der Waals surface area contributed by atoms with E-state index in [1.54, 1.807) is 30.3 Å². The van der Waals surface area contributed by atoms with Gasteiger partial charge in [0.1, 0.15) is 26.0 Å². The molecule has 0 aliphatic rings. The van der Waals surface area contributed by atoms with Crippen LogP contribution in [0.3, 0.4) is 0 Å². The first-order valence-corrected chi connectivity index (χ1v) is 5.45. The maximum absolute atomic E-state index is 12.9. The van der Waals surface area contributed by atoms with Crippen molar-refractivity contribution in [3.05, 3.63) is 58.9 Å². The summed E-state index contributed by atoms with van der Waals surface area (Å²) in [5.74, 6) is 0.250. The number of benzene rings is 2. The van der Waals surface area contributed by atoms with E-state index in [1.165, 1.54) is 12.1 Å². The Kier molecular flexibility index (Phi) is 3.69. The SMILES string of the molecule is [B]c1ccc(OCc2cccc(F)c2)c(Cl)c1. The van der Waals surface area contributed by atoms with Gasteiger partial charge in [-0.15, -0.1) is 0 Å². The van der Waals surface area contributed by atoms with Crippen LogP contribution in [0.25, 0.3) is 0 Å². The van der Waals surface area contributed by atoms with Crippen molar-refractivity contribution in [1.82, 2.24) is 0 Å². The maximum atomic E-state index is 12.9. The minimum atomic E-state index is -0.283. The molecule has 0 saturated heterocycles. The predicted molar refractivity (Wildman–Crippen MR) is 67.6 cm³/mol. The molecule has 0 aliphatic carbocycles. The highest BCUT2D eigenvalue weighted by atomic mass is 35.5. The Morgan fingerprint density at radius 1 is 1.18 bits per heavy atom. The largest absolute Gasteiger partial charge is 0.487 e. The molecule has 2 radical (unpaired) electrons. The molecule has 2 rings (SSSR count). The second-order valence-electron chi connectivity index (χ2n) is 3.61. The molecular formula is C13H9BClFO. The van der Waals surface area contributed by atoms with Crippen molar-refractivity contribution in [3.63, 3.8) is 0 Å². The standard InChI is InChI=1S/C13H9BClFO/c14-10-4-5-13(12(15)7-10)17-8-9-2-1-3-11(16)6-9/h1-7H,8H2. The van der Waals surface area contributed by atoms with Gasteiger partial charge in [0.2, 0.25) is 0 Å². The fraction of sp³-hybridized carbons (Fsp3) is 0.0769. The Balaban J connectivity index is 2.07. The Labute approximate surface area is 106 Å². The van der Waals surface area contributed by atoms with Gasteiger partial charge in [0.05, 0.1) is 5.02 Å². The molecule has 0 spiro atoms. The van der Waals surface area contributed by atoms with E-state index >= 15 is 0 Å². The summed E-state index contributed by atoms with van der Waals surface area (Å²) in [6.07, 6.45) is 0. The van der Waals surface area contributed by atoms with E-state index in [-0.39, 0.29) is 12.4 Å². The van der Waals surface area contributed by atoms with Gasteiger partial charge < -0.3 is 4.74 Å². The van der Waals surface area contributed by atoms with Gasteiger partial charge in [-0.2, -0.15) is 0 Å². The molecule has 2 aromatic carbocycles. The van der Waals surface area contributed by atoms with Crippen molar-refractivity contribution >= 4 is 24.9 Å². The number of hydrogen-bond donors (Lipinski definition) is 0. The maximum Gasteiger partial charge on any atom is 0.138 e. The molecule has 0 aliphatic heterocycles. The molecular weight excluding hydrogens is 237 g/mol. The highest BCUT2D eigenvalue weighted by Crippen LogP contribution is 2.23. The Morgan fingerprint density at radius 3 is 2.71 bits per heavy atom. The van der Waals surface area contributed by atoms with Crippen molar-refractivity contribution in [2.24, 2.45) is 0 Å². The second-order valence-corrected chi connectivity index (χ2v) is 4.02. The number of halogens is 2. The zero-order valence-electron chi connectivity index (χ0n) is 8.99. The number of hydrogen-bond acceptors (Lipinski definition) is 1. The number of rotatable bonds is 3. The van der Waals surface area contributed by atoms with Gasteiger partial charge in [-0.1, -0.05) is 35.3 Å². The van der Waals surface area contributed by atoms with Gasteiger partial charge in [0.15, 0.2) is 0 Å². The third-order valence-corrected chi connectivity index (χ3v) is 2.53. The van der Waals surface area contributed by atoms with E-state index in [0.29, 0.717) is 16.2 Å². The van der Waals surface area contributed by atoms with Gasteiger partial charge in [0.25, 0.3) is 0 Å². The summed E-state index contributed by atoms with van der Waals surface area (Å²) in [4.78, 5) is 0. The molecule has 0 aromatic heterocycles. The third kappa shape index (κ3) is 3.24. The van der Waals surface area contributed by atoms with Crippen LogP contribution in [-0.2, 0) is 6.61 Å². The fourth-order valence-electron chi connectivity index (χ4n) is 1.42. The molecule has 1 nitrogen and oxygen atoms in total. The summed E-state index contributed by atoms with van der Waals surface area (Å²) in [6.45, 7) is 0.265. The summed E-state index contributed by atoms with van der Waals surface area (Å²) in [7, 11) is 5.57. The van der Waals surface area contributed by atoms with E-state index < -0.39 is 0 Å². The van der Waals surface area contributed by atoms with Crippen LogP contribution in [0.4, 0.5) is 4.39 Å². The Bertz CT molecular complexity index is 531. The lowest BCUT2D eigenvalue weighted by Crippen LogP contribution is -2.02. The van der Waals surface area contributed by atoms with Crippen molar-refractivity contribution in [2.45, 2.75) is 6.61 Å². The lowest BCUT2D eigenvalue weighted by atomic mass is 9.97. The molecule has 0 saturated carbocycles. The number of ether oxygens (including phenoxy) is 1. The first kappa shape index (κ1) is 12.0. The van der Waals surface area contributed by atoms with Crippen LogP contribution in [0.1, 0.15) is 5.56 Å². The van der Waals surface area contributed by atoms with Gasteiger partial charge in [0, 0.05) is 0 Å². The molecule has 4 heteroatoms. The molecule has 0 bridgehead atoms.